The van der Waals surface area contributed by atoms with Crippen LogP contribution in [0, 0.1) is 6.92 Å². The lowest BCUT2D eigenvalue weighted by atomic mass is 10.2. The van der Waals surface area contributed by atoms with Crippen LogP contribution in [0.25, 0.3) is 0 Å². The number of aryl methyl sites for hydroxylation is 1. The van der Waals surface area contributed by atoms with Crippen LogP contribution in [0.4, 0.5) is 15.4 Å². The minimum absolute atomic E-state index is 0.0931. The maximum absolute atomic E-state index is 12.4. The number of aromatic nitrogens is 2. The maximum Gasteiger partial charge on any atom is 0.419 e. The fraction of sp³-hybridized carbons (Fsp3) is 0.700. The number of rotatable bonds is 4. The van der Waals surface area contributed by atoms with Crippen molar-refractivity contribution in [2.45, 2.75) is 73.5 Å². The highest BCUT2D eigenvalue weighted by molar-refractivity contribution is 5.88. The van der Waals surface area contributed by atoms with E-state index in [2.05, 4.69) is 10.2 Å². The molecule has 160 valence electrons. The molecule has 0 N–H and O–H groups in total. The number of anilines is 1. The van der Waals surface area contributed by atoms with E-state index in [0.29, 0.717) is 12.4 Å². The van der Waals surface area contributed by atoms with Crippen molar-refractivity contribution in [2.24, 2.45) is 0 Å². The number of amides is 2. The maximum atomic E-state index is 12.4. The van der Waals surface area contributed by atoms with Crippen molar-refractivity contribution < 1.29 is 19.1 Å². The van der Waals surface area contributed by atoms with Gasteiger partial charge < -0.3 is 14.4 Å². The van der Waals surface area contributed by atoms with Gasteiger partial charge in [0.25, 0.3) is 0 Å². The molecule has 0 aromatic carbocycles. The van der Waals surface area contributed by atoms with Gasteiger partial charge in [-0.2, -0.15) is 5.10 Å². The minimum Gasteiger partial charge on any atom is -0.443 e. The molecule has 0 aliphatic heterocycles. The first-order valence-electron chi connectivity index (χ1n) is 9.53. The molecule has 1 heterocycles. The van der Waals surface area contributed by atoms with E-state index in [0.717, 1.165) is 10.6 Å². The highest BCUT2D eigenvalue weighted by Gasteiger charge is 2.31. The fourth-order valence-electron chi connectivity index (χ4n) is 1.85. The average Bonchev–Trinajstić information content (AvgIpc) is 2.54. The summed E-state index contributed by atoms with van der Waals surface area (Å²) in [4.78, 5) is 27.6. The number of nitrogens with zero attached hydrogens (tertiary/aromatic N) is 4. The molecule has 0 radical (unpaired) electrons. The Morgan fingerprint density at radius 1 is 0.893 bits per heavy atom. The molecule has 1 rings (SSSR count). The highest BCUT2D eigenvalue weighted by atomic mass is 16.6. The summed E-state index contributed by atoms with van der Waals surface area (Å²) in [6, 6.07) is 3.67. The number of ether oxygens (including phenoxy) is 2. The van der Waals surface area contributed by atoms with Gasteiger partial charge in [-0.1, -0.05) is 13.8 Å². The van der Waals surface area contributed by atoms with Crippen LogP contribution in [0.5, 0.6) is 0 Å². The Morgan fingerprint density at radius 2 is 1.36 bits per heavy atom. The van der Waals surface area contributed by atoms with E-state index in [9.17, 15) is 9.59 Å². The summed E-state index contributed by atoms with van der Waals surface area (Å²) in [5.74, 6) is 0.643. The Morgan fingerprint density at radius 3 is 1.71 bits per heavy atom. The molecule has 0 fully saturated rings. The summed E-state index contributed by atoms with van der Waals surface area (Å²) in [5.41, 5.74) is -0.622. The molecule has 2 amide bonds. The second-order valence-corrected chi connectivity index (χ2v) is 8.07. The standard InChI is InChI=1S/C18H30N4O4.C2H6/c1-13-9-10-14(20-19-13)21(8)11-12-22(15(23)25-17(2,3)4)16(24)26-18(5,6)7;1-2/h9-10H,11-12H2,1-8H3;1-2H3. The van der Waals surface area contributed by atoms with Gasteiger partial charge in [-0.25, -0.2) is 14.5 Å². The van der Waals surface area contributed by atoms with E-state index in [1.165, 1.54) is 0 Å². The lowest BCUT2D eigenvalue weighted by Crippen LogP contribution is -2.46. The van der Waals surface area contributed by atoms with Gasteiger partial charge in [0.05, 0.1) is 12.2 Å². The molecule has 0 atom stereocenters. The van der Waals surface area contributed by atoms with E-state index in [1.54, 1.807) is 46.4 Å². The number of carbonyl (C=O) groups excluding carboxylic acids is 2. The molecule has 0 aliphatic rings. The Balaban J connectivity index is 0.00000352. The summed E-state index contributed by atoms with van der Waals surface area (Å²) in [6.45, 7) is 16.8. The van der Waals surface area contributed by atoms with Gasteiger partial charge in [0.15, 0.2) is 5.82 Å². The second-order valence-electron chi connectivity index (χ2n) is 8.07. The Labute approximate surface area is 169 Å². The Bertz CT molecular complexity index is 591. The molecule has 1 aromatic rings. The average molecular weight is 397 g/mol. The first-order chi connectivity index (χ1) is 12.8. The van der Waals surface area contributed by atoms with Crippen LogP contribution in [0.2, 0.25) is 0 Å². The predicted molar refractivity (Wildman–Crippen MR) is 111 cm³/mol. The number of likely N-dealkylation sites (N-methyl/N-ethyl adjacent to an activating group) is 1. The van der Waals surface area contributed by atoms with Crippen LogP contribution in [-0.4, -0.2) is 58.6 Å². The first-order valence-corrected chi connectivity index (χ1v) is 9.53. The molecular formula is C20H36N4O4. The molecule has 0 unspecified atom stereocenters. The van der Waals surface area contributed by atoms with Crippen LogP contribution in [0.3, 0.4) is 0 Å². The van der Waals surface area contributed by atoms with Gasteiger partial charge in [0, 0.05) is 13.6 Å². The van der Waals surface area contributed by atoms with E-state index >= 15 is 0 Å². The van der Waals surface area contributed by atoms with Crippen LogP contribution in [0.15, 0.2) is 12.1 Å². The molecule has 8 nitrogen and oxygen atoms in total. The zero-order chi connectivity index (χ0) is 22.1. The van der Waals surface area contributed by atoms with Crippen molar-refractivity contribution in [3.05, 3.63) is 17.8 Å². The molecule has 0 spiro atoms. The topological polar surface area (TPSA) is 84.9 Å². The number of carbonyl (C=O) groups is 2. The molecule has 0 bridgehead atoms. The van der Waals surface area contributed by atoms with Crippen LogP contribution in [0.1, 0.15) is 61.1 Å². The monoisotopic (exact) mass is 396 g/mol. The van der Waals surface area contributed by atoms with Crippen molar-refractivity contribution in [1.29, 1.82) is 0 Å². The van der Waals surface area contributed by atoms with Crippen LogP contribution >= 0.6 is 0 Å². The molecular weight excluding hydrogens is 360 g/mol. The molecule has 0 saturated carbocycles. The number of imide groups is 1. The van der Waals surface area contributed by atoms with E-state index in [4.69, 9.17) is 9.47 Å². The fourth-order valence-corrected chi connectivity index (χ4v) is 1.85. The molecule has 8 heteroatoms. The van der Waals surface area contributed by atoms with Crippen molar-refractivity contribution in [3.8, 4) is 0 Å². The van der Waals surface area contributed by atoms with Crippen molar-refractivity contribution in [3.63, 3.8) is 0 Å². The zero-order valence-electron chi connectivity index (χ0n) is 19.0. The lowest BCUT2D eigenvalue weighted by Gasteiger charge is -2.29. The van der Waals surface area contributed by atoms with Gasteiger partial charge in [-0.05, 0) is 60.6 Å². The van der Waals surface area contributed by atoms with Crippen molar-refractivity contribution >= 4 is 18.0 Å². The lowest BCUT2D eigenvalue weighted by molar-refractivity contribution is 0.00205. The van der Waals surface area contributed by atoms with Crippen LogP contribution in [-0.2, 0) is 9.47 Å². The van der Waals surface area contributed by atoms with Gasteiger partial charge >= 0.3 is 12.2 Å². The minimum atomic E-state index is -0.741. The summed E-state index contributed by atoms with van der Waals surface area (Å²) in [7, 11) is 1.81. The third-order valence-electron chi connectivity index (χ3n) is 3.06. The Kier molecular flexibility index (Phi) is 9.91. The van der Waals surface area contributed by atoms with Gasteiger partial charge in [0.2, 0.25) is 0 Å². The van der Waals surface area contributed by atoms with Gasteiger partial charge in [-0.3, -0.25) is 0 Å². The summed E-state index contributed by atoms with van der Waals surface area (Å²) < 4.78 is 10.7. The smallest absolute Gasteiger partial charge is 0.419 e. The largest absolute Gasteiger partial charge is 0.443 e. The normalized spacial score (nSPS) is 11.1. The van der Waals surface area contributed by atoms with Gasteiger partial charge in [0.1, 0.15) is 11.2 Å². The van der Waals surface area contributed by atoms with E-state index in [-0.39, 0.29) is 6.54 Å². The summed E-state index contributed by atoms with van der Waals surface area (Å²) >= 11 is 0. The number of hydrogen-bond acceptors (Lipinski definition) is 7. The third kappa shape index (κ3) is 10.1. The van der Waals surface area contributed by atoms with Crippen molar-refractivity contribution in [2.75, 3.05) is 25.0 Å². The highest BCUT2D eigenvalue weighted by Crippen LogP contribution is 2.15. The van der Waals surface area contributed by atoms with Crippen molar-refractivity contribution in [1.82, 2.24) is 15.1 Å². The first kappa shape index (κ1) is 25.6. The number of hydrogen-bond donors (Lipinski definition) is 0. The summed E-state index contributed by atoms with van der Waals surface area (Å²) in [6.07, 6.45) is -1.48. The van der Waals surface area contributed by atoms with E-state index in [1.807, 2.05) is 40.0 Å². The Hall–Kier alpha value is -2.38. The SMILES string of the molecule is CC.Cc1ccc(N(C)CCN(C(=O)OC(C)(C)C)C(=O)OC(C)(C)C)nn1. The van der Waals surface area contributed by atoms with Gasteiger partial charge in [-0.15, -0.1) is 5.10 Å². The zero-order valence-corrected chi connectivity index (χ0v) is 19.0. The molecule has 0 saturated heterocycles. The predicted octanol–water partition coefficient (Wildman–Crippen LogP) is 4.42. The van der Waals surface area contributed by atoms with E-state index < -0.39 is 23.4 Å². The quantitative estimate of drug-likeness (QED) is 0.744. The molecule has 1 aromatic heterocycles. The molecule has 28 heavy (non-hydrogen) atoms. The van der Waals surface area contributed by atoms with Crippen LogP contribution < -0.4 is 4.90 Å². The second kappa shape index (κ2) is 10.8. The third-order valence-corrected chi connectivity index (χ3v) is 3.06. The molecule has 0 aliphatic carbocycles. The summed E-state index contributed by atoms with van der Waals surface area (Å²) in [5, 5.41) is 8.10.